The van der Waals surface area contributed by atoms with Crippen LogP contribution in [0.5, 0.6) is 5.75 Å². The lowest BCUT2D eigenvalue weighted by molar-refractivity contribution is 0.0996. The standard InChI is InChI=1S/C16H15NO3/c1-11(18)13-7-8-15(14(9-13)16(17)19)20-10-12-5-3-2-4-6-12/h2-9H,10H2,1H3,(H2,17,19). The molecule has 0 unspecified atom stereocenters. The van der Waals surface area contributed by atoms with Gasteiger partial charge in [-0.3, -0.25) is 9.59 Å². The van der Waals surface area contributed by atoms with Gasteiger partial charge in [-0.05, 0) is 30.7 Å². The summed E-state index contributed by atoms with van der Waals surface area (Å²) in [4.78, 5) is 22.8. The first-order chi connectivity index (χ1) is 9.58. The van der Waals surface area contributed by atoms with Gasteiger partial charge in [-0.2, -0.15) is 0 Å². The van der Waals surface area contributed by atoms with Crippen molar-refractivity contribution in [3.8, 4) is 5.75 Å². The van der Waals surface area contributed by atoms with Gasteiger partial charge in [0, 0.05) is 5.56 Å². The van der Waals surface area contributed by atoms with Crippen molar-refractivity contribution in [2.75, 3.05) is 0 Å². The fourth-order valence-electron chi connectivity index (χ4n) is 1.80. The Hall–Kier alpha value is -2.62. The van der Waals surface area contributed by atoms with Gasteiger partial charge in [-0.25, -0.2) is 0 Å². The van der Waals surface area contributed by atoms with Crippen LogP contribution in [0.25, 0.3) is 0 Å². The molecule has 2 aromatic carbocycles. The second-order valence-corrected chi connectivity index (χ2v) is 4.41. The Morgan fingerprint density at radius 2 is 1.80 bits per heavy atom. The van der Waals surface area contributed by atoms with E-state index in [0.29, 0.717) is 17.9 Å². The van der Waals surface area contributed by atoms with Crippen LogP contribution in [0.2, 0.25) is 0 Å². The molecule has 0 saturated carbocycles. The molecule has 4 heteroatoms. The lowest BCUT2D eigenvalue weighted by Gasteiger charge is -2.10. The van der Waals surface area contributed by atoms with Crippen LogP contribution < -0.4 is 10.5 Å². The average molecular weight is 269 g/mol. The lowest BCUT2D eigenvalue weighted by atomic mass is 10.1. The van der Waals surface area contributed by atoms with Crippen molar-refractivity contribution in [3.63, 3.8) is 0 Å². The number of ether oxygens (including phenoxy) is 1. The summed E-state index contributed by atoms with van der Waals surface area (Å²) in [6.45, 7) is 1.77. The minimum atomic E-state index is -0.615. The van der Waals surface area contributed by atoms with Crippen LogP contribution in [0, 0.1) is 0 Å². The van der Waals surface area contributed by atoms with Crippen LogP contribution in [0.3, 0.4) is 0 Å². The van der Waals surface area contributed by atoms with Crippen LogP contribution in [0.4, 0.5) is 0 Å². The summed E-state index contributed by atoms with van der Waals surface area (Å²) in [5, 5.41) is 0. The molecule has 0 aliphatic carbocycles. The summed E-state index contributed by atoms with van der Waals surface area (Å²) in [6, 6.07) is 14.3. The van der Waals surface area contributed by atoms with Crippen LogP contribution in [0.1, 0.15) is 33.2 Å². The molecule has 0 atom stereocenters. The number of primary amides is 1. The maximum Gasteiger partial charge on any atom is 0.252 e. The van der Waals surface area contributed by atoms with Crippen LogP contribution in [0.15, 0.2) is 48.5 Å². The van der Waals surface area contributed by atoms with Crippen molar-refractivity contribution in [3.05, 3.63) is 65.2 Å². The molecule has 2 rings (SSSR count). The first kappa shape index (κ1) is 13.8. The third-order valence-electron chi connectivity index (χ3n) is 2.89. The maximum atomic E-state index is 11.4. The van der Waals surface area contributed by atoms with Crippen LogP contribution >= 0.6 is 0 Å². The fourth-order valence-corrected chi connectivity index (χ4v) is 1.80. The van der Waals surface area contributed by atoms with E-state index in [2.05, 4.69) is 0 Å². The Bertz CT molecular complexity index is 635. The Morgan fingerprint density at radius 1 is 1.10 bits per heavy atom. The Morgan fingerprint density at radius 3 is 2.40 bits per heavy atom. The monoisotopic (exact) mass is 269 g/mol. The molecule has 2 aromatic rings. The molecule has 2 N–H and O–H groups in total. The Balaban J connectivity index is 2.23. The van der Waals surface area contributed by atoms with Crippen molar-refractivity contribution < 1.29 is 14.3 Å². The molecule has 0 heterocycles. The number of nitrogens with two attached hydrogens (primary N) is 1. The third kappa shape index (κ3) is 3.23. The molecule has 0 radical (unpaired) electrons. The normalized spacial score (nSPS) is 10.1. The molecule has 0 aromatic heterocycles. The number of benzene rings is 2. The highest BCUT2D eigenvalue weighted by Crippen LogP contribution is 2.21. The highest BCUT2D eigenvalue weighted by atomic mass is 16.5. The zero-order valence-electron chi connectivity index (χ0n) is 11.1. The van der Waals surface area contributed by atoms with Gasteiger partial charge in [0.25, 0.3) is 5.91 Å². The number of carbonyl (C=O) groups is 2. The second-order valence-electron chi connectivity index (χ2n) is 4.41. The summed E-state index contributed by atoms with van der Waals surface area (Å²) in [5.74, 6) is -0.357. The first-order valence-electron chi connectivity index (χ1n) is 6.19. The molecule has 102 valence electrons. The number of hydrogen-bond donors (Lipinski definition) is 1. The number of carbonyl (C=O) groups excluding carboxylic acids is 2. The van der Waals surface area contributed by atoms with Crippen molar-refractivity contribution >= 4 is 11.7 Å². The predicted octanol–water partition coefficient (Wildman–Crippen LogP) is 2.57. The summed E-state index contributed by atoms with van der Waals surface area (Å²) in [5.41, 5.74) is 6.96. The van der Waals surface area contributed by atoms with E-state index in [-0.39, 0.29) is 11.3 Å². The molecule has 0 aliphatic heterocycles. The second kappa shape index (κ2) is 6.02. The summed E-state index contributed by atoms with van der Waals surface area (Å²) in [6.07, 6.45) is 0. The summed E-state index contributed by atoms with van der Waals surface area (Å²) < 4.78 is 5.61. The van der Waals surface area contributed by atoms with Crippen molar-refractivity contribution in [2.24, 2.45) is 5.73 Å². The Kier molecular flexibility index (Phi) is 4.15. The SMILES string of the molecule is CC(=O)c1ccc(OCc2ccccc2)c(C(N)=O)c1. The zero-order valence-corrected chi connectivity index (χ0v) is 11.1. The highest BCUT2D eigenvalue weighted by molar-refractivity contribution is 6.00. The topological polar surface area (TPSA) is 69.4 Å². The van der Waals surface area contributed by atoms with Gasteiger partial charge in [0.05, 0.1) is 5.56 Å². The van der Waals surface area contributed by atoms with Gasteiger partial charge in [-0.15, -0.1) is 0 Å². The van der Waals surface area contributed by atoms with E-state index in [0.717, 1.165) is 5.56 Å². The highest BCUT2D eigenvalue weighted by Gasteiger charge is 2.12. The molecule has 0 spiro atoms. The largest absolute Gasteiger partial charge is 0.488 e. The minimum Gasteiger partial charge on any atom is -0.488 e. The van der Waals surface area contributed by atoms with Crippen LogP contribution in [-0.4, -0.2) is 11.7 Å². The van der Waals surface area contributed by atoms with Gasteiger partial charge < -0.3 is 10.5 Å². The van der Waals surface area contributed by atoms with Gasteiger partial charge in [-0.1, -0.05) is 30.3 Å². The lowest BCUT2D eigenvalue weighted by Crippen LogP contribution is -2.14. The predicted molar refractivity (Wildman–Crippen MR) is 75.7 cm³/mol. The van der Waals surface area contributed by atoms with Crippen molar-refractivity contribution in [1.29, 1.82) is 0 Å². The molecule has 0 aliphatic rings. The third-order valence-corrected chi connectivity index (χ3v) is 2.89. The molecular weight excluding hydrogens is 254 g/mol. The molecule has 0 fully saturated rings. The number of rotatable bonds is 5. The van der Waals surface area contributed by atoms with Gasteiger partial charge in [0.15, 0.2) is 5.78 Å². The first-order valence-corrected chi connectivity index (χ1v) is 6.19. The zero-order chi connectivity index (χ0) is 14.5. The molecular formula is C16H15NO3. The van der Waals surface area contributed by atoms with E-state index in [1.54, 1.807) is 12.1 Å². The number of amides is 1. The number of hydrogen-bond acceptors (Lipinski definition) is 3. The smallest absolute Gasteiger partial charge is 0.252 e. The molecule has 4 nitrogen and oxygen atoms in total. The molecule has 1 amide bonds. The molecule has 0 bridgehead atoms. The van der Waals surface area contributed by atoms with Crippen molar-refractivity contribution in [2.45, 2.75) is 13.5 Å². The maximum absolute atomic E-state index is 11.4. The van der Waals surface area contributed by atoms with Gasteiger partial charge in [0.1, 0.15) is 12.4 Å². The van der Waals surface area contributed by atoms with E-state index < -0.39 is 5.91 Å². The average Bonchev–Trinajstić information content (AvgIpc) is 2.45. The van der Waals surface area contributed by atoms with E-state index in [9.17, 15) is 9.59 Å². The summed E-state index contributed by atoms with van der Waals surface area (Å²) in [7, 11) is 0. The minimum absolute atomic E-state index is 0.123. The van der Waals surface area contributed by atoms with E-state index in [1.807, 2.05) is 30.3 Å². The Labute approximate surface area is 117 Å². The summed E-state index contributed by atoms with van der Waals surface area (Å²) >= 11 is 0. The van der Waals surface area contributed by atoms with Crippen LogP contribution in [-0.2, 0) is 6.61 Å². The molecule has 0 saturated heterocycles. The fraction of sp³-hybridized carbons (Fsp3) is 0.125. The van der Waals surface area contributed by atoms with E-state index >= 15 is 0 Å². The number of ketones is 1. The van der Waals surface area contributed by atoms with E-state index in [1.165, 1.54) is 13.0 Å². The van der Waals surface area contributed by atoms with Crippen molar-refractivity contribution in [1.82, 2.24) is 0 Å². The van der Waals surface area contributed by atoms with E-state index in [4.69, 9.17) is 10.5 Å². The van der Waals surface area contributed by atoms with Gasteiger partial charge in [0.2, 0.25) is 0 Å². The quantitative estimate of drug-likeness (QED) is 0.848. The van der Waals surface area contributed by atoms with Gasteiger partial charge >= 0.3 is 0 Å². The number of Topliss-reactive ketones (excluding diaryl/α,β-unsaturated/α-hetero) is 1. The molecule has 20 heavy (non-hydrogen) atoms.